The molecule has 1 unspecified atom stereocenters. The van der Waals surface area contributed by atoms with Gasteiger partial charge in [0.05, 0.1) is 0 Å². The second kappa shape index (κ2) is 8.78. The summed E-state index contributed by atoms with van der Waals surface area (Å²) in [6.45, 7) is 7.37. The Morgan fingerprint density at radius 3 is 2.68 bits per heavy atom. The first-order valence-electron chi connectivity index (χ1n) is 11.2. The minimum atomic E-state index is 0.503. The van der Waals surface area contributed by atoms with Gasteiger partial charge < -0.3 is 15.2 Å². The second-order valence-corrected chi connectivity index (χ2v) is 9.95. The monoisotopic (exact) mass is 398 g/mol. The summed E-state index contributed by atoms with van der Waals surface area (Å²) in [6, 6.07) is 8.39. The van der Waals surface area contributed by atoms with Crippen LogP contribution in [0, 0.1) is 0 Å². The first-order chi connectivity index (χ1) is 13.9. The number of benzene rings is 1. The quantitative estimate of drug-likeness (QED) is 0.816. The van der Waals surface area contributed by atoms with Crippen molar-refractivity contribution in [2.24, 2.45) is 0 Å². The lowest BCUT2D eigenvalue weighted by atomic mass is 9.99. The van der Waals surface area contributed by atoms with Crippen LogP contribution in [0.15, 0.2) is 24.4 Å². The Morgan fingerprint density at radius 1 is 1.04 bits per heavy atom. The van der Waals surface area contributed by atoms with Gasteiger partial charge in [-0.1, -0.05) is 18.6 Å². The molecular formula is C23H34N4S. The standard InChI is InChI=1S/C23H34N4S/c1-2-9-27(10-3-1)20-6-11-26(12-7-20)16-19-15-25-22-14-18(4-5-21(19)22)23-17-28-13-8-24-23/h4-5,14-15,20,23-25H,1-3,6-13,16-17H2. The molecule has 3 aliphatic rings. The van der Waals surface area contributed by atoms with E-state index in [2.05, 4.69) is 56.3 Å². The van der Waals surface area contributed by atoms with Gasteiger partial charge in [-0.2, -0.15) is 11.8 Å². The van der Waals surface area contributed by atoms with Gasteiger partial charge in [0.2, 0.25) is 0 Å². The first kappa shape index (κ1) is 19.0. The molecule has 2 aromatic rings. The molecule has 0 aliphatic carbocycles. The van der Waals surface area contributed by atoms with Crippen molar-refractivity contribution in [3.63, 3.8) is 0 Å². The Hall–Kier alpha value is -1.01. The van der Waals surface area contributed by atoms with Gasteiger partial charge in [0, 0.05) is 53.8 Å². The van der Waals surface area contributed by atoms with Crippen LogP contribution < -0.4 is 5.32 Å². The fraction of sp³-hybridized carbons (Fsp3) is 0.652. The summed E-state index contributed by atoms with van der Waals surface area (Å²) in [7, 11) is 0. The summed E-state index contributed by atoms with van der Waals surface area (Å²) in [5, 5.41) is 5.06. The predicted octanol–water partition coefficient (Wildman–Crippen LogP) is 4.00. The Balaban J connectivity index is 1.21. The third-order valence-electron chi connectivity index (χ3n) is 6.97. The third-order valence-corrected chi connectivity index (χ3v) is 8.04. The number of aromatic nitrogens is 1. The normalized spacial score (nSPS) is 26.1. The van der Waals surface area contributed by atoms with Crippen LogP contribution in [0.25, 0.3) is 10.9 Å². The predicted molar refractivity (Wildman–Crippen MR) is 120 cm³/mol. The lowest BCUT2D eigenvalue weighted by Gasteiger charge is -2.40. The van der Waals surface area contributed by atoms with E-state index in [1.165, 1.54) is 91.8 Å². The highest BCUT2D eigenvalue weighted by atomic mass is 32.2. The number of aromatic amines is 1. The van der Waals surface area contributed by atoms with Gasteiger partial charge in [0.15, 0.2) is 0 Å². The maximum Gasteiger partial charge on any atom is 0.0460 e. The minimum Gasteiger partial charge on any atom is -0.361 e. The molecule has 1 atom stereocenters. The third kappa shape index (κ3) is 4.13. The van der Waals surface area contributed by atoms with Crippen molar-refractivity contribution in [1.29, 1.82) is 0 Å². The molecular weight excluding hydrogens is 364 g/mol. The molecule has 0 bridgehead atoms. The molecule has 152 valence electrons. The van der Waals surface area contributed by atoms with Crippen molar-refractivity contribution < 1.29 is 0 Å². The topological polar surface area (TPSA) is 34.3 Å². The molecule has 5 heteroatoms. The van der Waals surface area contributed by atoms with Crippen LogP contribution in [-0.4, -0.2) is 65.1 Å². The molecule has 2 N–H and O–H groups in total. The van der Waals surface area contributed by atoms with Crippen LogP contribution >= 0.6 is 11.8 Å². The van der Waals surface area contributed by atoms with Gasteiger partial charge in [-0.15, -0.1) is 0 Å². The molecule has 28 heavy (non-hydrogen) atoms. The molecule has 0 saturated carbocycles. The number of hydrogen-bond acceptors (Lipinski definition) is 4. The molecule has 3 fully saturated rings. The zero-order chi connectivity index (χ0) is 18.8. The van der Waals surface area contributed by atoms with Gasteiger partial charge in [-0.05, 0) is 69.1 Å². The van der Waals surface area contributed by atoms with Crippen molar-refractivity contribution in [2.45, 2.75) is 50.7 Å². The van der Waals surface area contributed by atoms with E-state index in [0.717, 1.165) is 19.1 Å². The Labute approximate surface area is 173 Å². The summed E-state index contributed by atoms with van der Waals surface area (Å²) in [5.41, 5.74) is 4.19. The summed E-state index contributed by atoms with van der Waals surface area (Å²) in [6.07, 6.45) is 9.19. The molecule has 0 spiro atoms. The highest BCUT2D eigenvalue weighted by molar-refractivity contribution is 7.99. The maximum absolute atomic E-state index is 3.66. The van der Waals surface area contributed by atoms with E-state index < -0.39 is 0 Å². The SMILES string of the molecule is c1cc2c(CN3CCC(N4CCCCC4)CC3)c[nH]c2cc1C1CSCCN1. The van der Waals surface area contributed by atoms with Gasteiger partial charge in [-0.3, -0.25) is 4.90 Å². The average Bonchev–Trinajstić information content (AvgIpc) is 3.17. The molecule has 3 aliphatic heterocycles. The van der Waals surface area contributed by atoms with Crippen LogP contribution in [0.2, 0.25) is 0 Å². The van der Waals surface area contributed by atoms with Crippen LogP contribution in [-0.2, 0) is 6.54 Å². The summed E-state index contributed by atoms with van der Waals surface area (Å²) < 4.78 is 0. The van der Waals surface area contributed by atoms with E-state index in [4.69, 9.17) is 0 Å². The van der Waals surface area contributed by atoms with Crippen LogP contribution in [0.3, 0.4) is 0 Å². The summed E-state index contributed by atoms with van der Waals surface area (Å²) in [5.74, 6) is 2.42. The number of nitrogens with one attached hydrogen (secondary N) is 2. The van der Waals surface area contributed by atoms with Gasteiger partial charge in [0.25, 0.3) is 0 Å². The molecule has 1 aromatic heterocycles. The number of nitrogens with zero attached hydrogens (tertiary/aromatic N) is 2. The number of hydrogen-bond donors (Lipinski definition) is 2. The van der Waals surface area contributed by atoms with Crippen LogP contribution in [0.5, 0.6) is 0 Å². The zero-order valence-corrected chi connectivity index (χ0v) is 17.8. The van der Waals surface area contributed by atoms with E-state index >= 15 is 0 Å². The fourth-order valence-corrected chi connectivity index (χ4v) is 6.27. The molecule has 3 saturated heterocycles. The van der Waals surface area contributed by atoms with Crippen LogP contribution in [0.1, 0.15) is 49.3 Å². The molecule has 0 amide bonds. The van der Waals surface area contributed by atoms with E-state index in [1.807, 2.05) is 0 Å². The first-order valence-corrected chi connectivity index (χ1v) is 12.4. The summed E-state index contributed by atoms with van der Waals surface area (Å²) in [4.78, 5) is 8.98. The Kier molecular flexibility index (Phi) is 5.95. The number of likely N-dealkylation sites (tertiary alicyclic amines) is 2. The van der Waals surface area contributed by atoms with Gasteiger partial charge >= 0.3 is 0 Å². The van der Waals surface area contributed by atoms with E-state index in [1.54, 1.807) is 0 Å². The molecule has 0 radical (unpaired) electrons. The highest BCUT2D eigenvalue weighted by Gasteiger charge is 2.26. The van der Waals surface area contributed by atoms with Crippen molar-refractivity contribution in [3.8, 4) is 0 Å². The number of thioether (sulfide) groups is 1. The van der Waals surface area contributed by atoms with Crippen molar-refractivity contribution >= 4 is 22.7 Å². The number of piperidine rings is 2. The van der Waals surface area contributed by atoms with Crippen molar-refractivity contribution in [2.75, 3.05) is 44.2 Å². The van der Waals surface area contributed by atoms with Crippen molar-refractivity contribution in [1.82, 2.24) is 20.1 Å². The maximum atomic E-state index is 3.66. The molecule has 1 aromatic carbocycles. The van der Waals surface area contributed by atoms with Gasteiger partial charge in [0.1, 0.15) is 0 Å². The van der Waals surface area contributed by atoms with Crippen LogP contribution in [0.4, 0.5) is 0 Å². The number of fused-ring (bicyclic) bond motifs is 1. The lowest BCUT2D eigenvalue weighted by molar-refractivity contribution is 0.0898. The highest BCUT2D eigenvalue weighted by Crippen LogP contribution is 2.28. The molecule has 4 heterocycles. The minimum absolute atomic E-state index is 0.503. The van der Waals surface area contributed by atoms with E-state index in [9.17, 15) is 0 Å². The lowest BCUT2D eigenvalue weighted by Crippen LogP contribution is -2.46. The van der Waals surface area contributed by atoms with E-state index in [0.29, 0.717) is 6.04 Å². The number of H-pyrrole nitrogens is 1. The zero-order valence-electron chi connectivity index (χ0n) is 17.0. The fourth-order valence-electron chi connectivity index (χ4n) is 5.30. The average molecular weight is 399 g/mol. The molecule has 4 nitrogen and oxygen atoms in total. The summed E-state index contributed by atoms with van der Waals surface area (Å²) >= 11 is 2.06. The molecule has 5 rings (SSSR count). The Morgan fingerprint density at radius 2 is 1.89 bits per heavy atom. The Bertz CT molecular complexity index is 768. The van der Waals surface area contributed by atoms with Crippen molar-refractivity contribution in [3.05, 3.63) is 35.5 Å². The largest absolute Gasteiger partial charge is 0.361 e. The van der Waals surface area contributed by atoms with Gasteiger partial charge in [-0.25, -0.2) is 0 Å². The van der Waals surface area contributed by atoms with E-state index in [-0.39, 0.29) is 0 Å². The smallest absolute Gasteiger partial charge is 0.0460 e. The number of rotatable bonds is 4. The second-order valence-electron chi connectivity index (χ2n) is 8.80.